The molecule has 0 aliphatic carbocycles. The maximum Gasteiger partial charge on any atom is 0.416 e. The average Bonchev–Trinajstić information content (AvgIpc) is 3.21. The van der Waals surface area contributed by atoms with Gasteiger partial charge in [-0.1, -0.05) is 23.3 Å². The van der Waals surface area contributed by atoms with E-state index in [1.54, 1.807) is 12.1 Å². The summed E-state index contributed by atoms with van der Waals surface area (Å²) in [6.45, 7) is 1.44. The van der Waals surface area contributed by atoms with Crippen molar-refractivity contribution in [1.82, 2.24) is 20.2 Å². The Hall–Kier alpha value is -4.20. The van der Waals surface area contributed by atoms with Gasteiger partial charge in [-0.2, -0.15) is 23.1 Å². The van der Waals surface area contributed by atoms with Crippen molar-refractivity contribution < 1.29 is 23.1 Å². The van der Waals surface area contributed by atoms with Gasteiger partial charge in [0.1, 0.15) is 6.04 Å². The Labute approximate surface area is 173 Å². The maximum absolute atomic E-state index is 13.2. The lowest BCUT2D eigenvalue weighted by atomic mass is 9.94. The second-order valence-electron chi connectivity index (χ2n) is 6.73. The number of aliphatic carboxylic acids is 1. The lowest BCUT2D eigenvalue weighted by Crippen LogP contribution is -2.38. The van der Waals surface area contributed by atoms with E-state index in [9.17, 15) is 23.1 Å². The van der Waals surface area contributed by atoms with Gasteiger partial charge in [0.05, 0.1) is 23.2 Å². The molecule has 3 aromatic rings. The summed E-state index contributed by atoms with van der Waals surface area (Å²) in [5, 5.41) is 32.5. The zero-order valence-electron chi connectivity index (χ0n) is 15.8. The molecule has 2 heterocycles. The van der Waals surface area contributed by atoms with Gasteiger partial charge >= 0.3 is 6.18 Å². The van der Waals surface area contributed by atoms with Gasteiger partial charge in [-0.15, -0.1) is 0 Å². The first kappa shape index (κ1) is 20.1. The van der Waals surface area contributed by atoms with Crippen molar-refractivity contribution >= 4 is 17.6 Å². The molecule has 0 spiro atoms. The first-order valence-corrected chi connectivity index (χ1v) is 8.90. The number of hydrogen-bond donors (Lipinski definition) is 0. The highest BCUT2D eigenvalue weighted by Crippen LogP contribution is 2.42. The molecule has 8 nitrogen and oxygen atoms in total. The Morgan fingerprint density at radius 1 is 1.19 bits per heavy atom. The SMILES string of the molecule is CC1=C(C(=O)[O-])[C@@H](c2ccc(C#N)cc2)n2nnnc2N1c1cccc(C(F)(F)F)c1. The molecule has 1 atom stereocenters. The molecular formula is C20H12F3N6O2-. The minimum Gasteiger partial charge on any atom is -0.545 e. The third kappa shape index (κ3) is 3.38. The number of carbonyl (C=O) groups is 1. The van der Waals surface area contributed by atoms with Crippen molar-refractivity contribution in [2.45, 2.75) is 19.1 Å². The molecule has 0 saturated carbocycles. The molecule has 0 radical (unpaired) electrons. The summed E-state index contributed by atoms with van der Waals surface area (Å²) in [6, 6.07) is 11.5. The van der Waals surface area contributed by atoms with E-state index in [0.29, 0.717) is 11.1 Å². The molecule has 11 heteroatoms. The third-order valence-corrected chi connectivity index (χ3v) is 4.93. The van der Waals surface area contributed by atoms with Crippen molar-refractivity contribution in [3.8, 4) is 6.07 Å². The molecule has 0 unspecified atom stereocenters. The standard InChI is InChI=1S/C20H13F3N6O2/c1-11-16(18(30)31)17(13-7-5-12(10-24)6-8-13)29-19(25-26-27-29)28(11)15-4-2-3-14(9-15)20(21,22)23/h2-9,17H,1H3,(H,30,31)/p-1/t17-/m1/s1. The molecule has 1 aromatic heterocycles. The van der Waals surface area contributed by atoms with Crippen LogP contribution >= 0.6 is 0 Å². The number of allylic oxidation sites excluding steroid dienone is 1. The second kappa shape index (κ2) is 7.24. The molecule has 31 heavy (non-hydrogen) atoms. The van der Waals surface area contributed by atoms with Crippen molar-refractivity contribution in [3.05, 3.63) is 76.5 Å². The zero-order valence-corrected chi connectivity index (χ0v) is 15.8. The number of nitrogens with zero attached hydrogens (tertiary/aromatic N) is 6. The van der Waals surface area contributed by atoms with Crippen LogP contribution in [0.1, 0.15) is 29.7 Å². The topological polar surface area (TPSA) is 111 Å². The predicted molar refractivity (Wildman–Crippen MR) is 98.4 cm³/mol. The van der Waals surface area contributed by atoms with Gasteiger partial charge in [-0.25, -0.2) is 0 Å². The number of rotatable bonds is 3. The number of carbonyl (C=O) groups excluding carboxylic acids is 1. The number of carboxylic acid groups (broad SMARTS) is 1. The summed E-state index contributed by atoms with van der Waals surface area (Å²) in [5.74, 6) is -1.49. The fourth-order valence-corrected chi connectivity index (χ4v) is 3.53. The normalized spacial score (nSPS) is 16.1. The summed E-state index contributed by atoms with van der Waals surface area (Å²) >= 11 is 0. The van der Waals surface area contributed by atoms with Gasteiger partial charge in [-0.05, 0) is 53.2 Å². The van der Waals surface area contributed by atoms with E-state index < -0.39 is 23.8 Å². The Kier molecular flexibility index (Phi) is 4.69. The number of anilines is 2. The minimum absolute atomic E-state index is 0.0381. The molecule has 0 bridgehead atoms. The number of fused-ring (bicyclic) bond motifs is 1. The lowest BCUT2D eigenvalue weighted by molar-refractivity contribution is -0.299. The van der Waals surface area contributed by atoms with Crippen LogP contribution in [0.2, 0.25) is 0 Å². The Balaban J connectivity index is 1.92. The summed E-state index contributed by atoms with van der Waals surface area (Å²) in [4.78, 5) is 13.3. The van der Waals surface area contributed by atoms with E-state index in [1.165, 1.54) is 40.8 Å². The molecule has 0 N–H and O–H groups in total. The van der Waals surface area contributed by atoms with Crippen molar-refractivity contribution in [3.63, 3.8) is 0 Å². The first-order chi connectivity index (χ1) is 14.7. The minimum atomic E-state index is -4.59. The molecular weight excluding hydrogens is 413 g/mol. The number of hydrogen-bond acceptors (Lipinski definition) is 7. The van der Waals surface area contributed by atoms with Crippen LogP contribution in [0.5, 0.6) is 0 Å². The van der Waals surface area contributed by atoms with Gasteiger partial charge in [-0.3, -0.25) is 4.90 Å². The highest BCUT2D eigenvalue weighted by atomic mass is 19.4. The second-order valence-corrected chi connectivity index (χ2v) is 6.73. The van der Waals surface area contributed by atoms with Gasteiger partial charge in [0, 0.05) is 17.0 Å². The number of tetrazole rings is 1. The van der Waals surface area contributed by atoms with E-state index in [0.717, 1.165) is 12.1 Å². The fourth-order valence-electron chi connectivity index (χ4n) is 3.53. The molecule has 156 valence electrons. The highest BCUT2D eigenvalue weighted by Gasteiger charge is 2.37. The van der Waals surface area contributed by atoms with E-state index >= 15 is 0 Å². The maximum atomic E-state index is 13.2. The van der Waals surface area contributed by atoms with Crippen LogP contribution in [0.3, 0.4) is 0 Å². The fraction of sp³-hybridized carbons (Fsp3) is 0.150. The summed E-state index contributed by atoms with van der Waals surface area (Å²) in [5.41, 5.74) is -0.132. The average molecular weight is 425 g/mol. The Bertz CT molecular complexity index is 1240. The molecule has 1 aliphatic heterocycles. The van der Waals surface area contributed by atoms with Crippen LogP contribution in [0.4, 0.5) is 24.8 Å². The van der Waals surface area contributed by atoms with Crippen molar-refractivity contribution in [2.75, 3.05) is 4.90 Å². The van der Waals surface area contributed by atoms with Crippen LogP contribution in [0.25, 0.3) is 0 Å². The first-order valence-electron chi connectivity index (χ1n) is 8.90. The zero-order chi connectivity index (χ0) is 22.3. The number of alkyl halides is 3. The van der Waals surface area contributed by atoms with Gasteiger partial charge < -0.3 is 9.90 Å². The van der Waals surface area contributed by atoms with E-state index in [-0.39, 0.29) is 22.9 Å². The molecule has 0 amide bonds. The molecule has 0 fully saturated rings. The van der Waals surface area contributed by atoms with Crippen LogP contribution in [-0.2, 0) is 11.0 Å². The largest absolute Gasteiger partial charge is 0.545 e. The van der Waals surface area contributed by atoms with Crippen LogP contribution < -0.4 is 10.0 Å². The van der Waals surface area contributed by atoms with Crippen LogP contribution in [0, 0.1) is 11.3 Å². The van der Waals surface area contributed by atoms with Gasteiger partial charge in [0.15, 0.2) is 0 Å². The summed E-state index contributed by atoms with van der Waals surface area (Å²) in [7, 11) is 0. The van der Waals surface area contributed by atoms with Gasteiger partial charge in [0.2, 0.25) is 0 Å². The lowest BCUT2D eigenvalue weighted by Gasteiger charge is -2.36. The highest BCUT2D eigenvalue weighted by molar-refractivity contribution is 5.90. The van der Waals surface area contributed by atoms with E-state index in [2.05, 4.69) is 15.5 Å². The summed E-state index contributed by atoms with van der Waals surface area (Å²) < 4.78 is 40.8. The quantitative estimate of drug-likeness (QED) is 0.633. The van der Waals surface area contributed by atoms with E-state index in [1.807, 2.05) is 6.07 Å². The smallest absolute Gasteiger partial charge is 0.416 e. The van der Waals surface area contributed by atoms with E-state index in [4.69, 9.17) is 5.26 Å². The van der Waals surface area contributed by atoms with Crippen LogP contribution in [0.15, 0.2) is 59.8 Å². The van der Waals surface area contributed by atoms with Gasteiger partial charge in [0.25, 0.3) is 5.95 Å². The summed E-state index contributed by atoms with van der Waals surface area (Å²) in [6.07, 6.45) is -4.59. The number of halogens is 3. The molecule has 2 aromatic carbocycles. The van der Waals surface area contributed by atoms with Crippen molar-refractivity contribution in [2.24, 2.45) is 0 Å². The molecule has 0 saturated heterocycles. The Morgan fingerprint density at radius 3 is 2.52 bits per heavy atom. The monoisotopic (exact) mass is 425 g/mol. The Morgan fingerprint density at radius 2 is 1.90 bits per heavy atom. The predicted octanol–water partition coefficient (Wildman–Crippen LogP) is 2.33. The molecule has 1 aliphatic rings. The third-order valence-electron chi connectivity index (χ3n) is 4.93. The van der Waals surface area contributed by atoms with Crippen molar-refractivity contribution in [1.29, 1.82) is 5.26 Å². The number of carboxylic acids is 1. The molecule has 4 rings (SSSR count). The number of aromatic nitrogens is 4. The van der Waals surface area contributed by atoms with Crippen LogP contribution in [-0.4, -0.2) is 26.2 Å². The number of nitriles is 1. The number of benzene rings is 2.